The molecule has 0 saturated carbocycles. The summed E-state index contributed by atoms with van der Waals surface area (Å²) in [6.45, 7) is 10.6. The molecule has 0 aliphatic rings. The number of aldehydes is 1. The molecule has 0 unspecified atom stereocenters. The van der Waals surface area contributed by atoms with Gasteiger partial charge in [0.05, 0.1) is 0 Å². The van der Waals surface area contributed by atoms with Crippen LogP contribution in [0, 0.1) is 12.0 Å². The molecule has 0 atom stereocenters. The van der Waals surface area contributed by atoms with Crippen molar-refractivity contribution in [2.45, 2.75) is 20.3 Å². The molecule has 0 heterocycles. The summed E-state index contributed by atoms with van der Waals surface area (Å²) in [5.74, 6) is 0. The van der Waals surface area contributed by atoms with Crippen molar-refractivity contribution in [1.82, 2.24) is 0 Å². The molecule has 2 nitrogen and oxygen atoms in total. The van der Waals surface area contributed by atoms with E-state index >= 15 is 0 Å². The van der Waals surface area contributed by atoms with Crippen LogP contribution in [0.3, 0.4) is 0 Å². The molecular weight excluding hydrogens is 114 g/mol. The van der Waals surface area contributed by atoms with Crippen LogP contribution in [-0.2, 0) is 4.79 Å². The predicted octanol–water partition coefficient (Wildman–Crippen LogP) is 1.52. The molecule has 50 valence electrons. The third-order valence-electron chi connectivity index (χ3n) is 1.19. The molecule has 9 heavy (non-hydrogen) atoms. The molecule has 0 radical (unpaired) electrons. The van der Waals surface area contributed by atoms with Crippen LogP contribution < -0.4 is 0 Å². The van der Waals surface area contributed by atoms with E-state index in [-0.39, 0.29) is 5.41 Å². The van der Waals surface area contributed by atoms with Crippen molar-refractivity contribution in [1.29, 1.82) is 0 Å². The second-order valence-electron chi connectivity index (χ2n) is 2.74. The zero-order valence-corrected chi connectivity index (χ0v) is 5.85. The maximum Gasteiger partial charge on any atom is 0.215 e. The summed E-state index contributed by atoms with van der Waals surface area (Å²) < 4.78 is 0. The third-order valence-corrected chi connectivity index (χ3v) is 1.19. The first-order valence-electron chi connectivity index (χ1n) is 2.92. The van der Waals surface area contributed by atoms with Crippen LogP contribution in [0.1, 0.15) is 20.3 Å². The zero-order chi connectivity index (χ0) is 7.33. The van der Waals surface area contributed by atoms with Gasteiger partial charge in [-0.1, -0.05) is 13.8 Å². The predicted molar refractivity (Wildman–Crippen MR) is 35.9 cm³/mol. The van der Waals surface area contributed by atoms with E-state index in [0.29, 0.717) is 13.0 Å². The summed E-state index contributed by atoms with van der Waals surface area (Å²) in [5, 5.41) is 0. The van der Waals surface area contributed by atoms with Crippen LogP contribution in [0.5, 0.6) is 0 Å². The molecule has 0 fully saturated rings. The lowest BCUT2D eigenvalue weighted by molar-refractivity contribution is -0.114. The minimum absolute atomic E-state index is 0.301. The highest BCUT2D eigenvalue weighted by molar-refractivity contribution is 5.57. The molecule has 0 N–H and O–H groups in total. The fourth-order valence-corrected chi connectivity index (χ4v) is 0.403. The Bertz CT molecular complexity index is 132. The molecule has 0 aromatic rings. The van der Waals surface area contributed by atoms with Crippen LogP contribution in [0.4, 0.5) is 0 Å². The number of carbonyl (C=O) groups is 1. The lowest BCUT2D eigenvalue weighted by Gasteiger charge is -2.10. The summed E-state index contributed by atoms with van der Waals surface area (Å²) in [7, 11) is 0. The van der Waals surface area contributed by atoms with Crippen molar-refractivity contribution in [3.8, 4) is 0 Å². The highest BCUT2D eigenvalue weighted by atomic mass is 16.1. The van der Waals surface area contributed by atoms with Crippen molar-refractivity contribution >= 4 is 6.29 Å². The fraction of sp³-hybridized carbons (Fsp3) is 0.714. The van der Waals surface area contributed by atoms with Crippen molar-refractivity contribution in [2.24, 2.45) is 5.41 Å². The molecule has 0 amide bonds. The van der Waals surface area contributed by atoms with Crippen LogP contribution in [0.15, 0.2) is 0 Å². The van der Waals surface area contributed by atoms with Gasteiger partial charge >= 0.3 is 0 Å². The minimum atomic E-state index is -0.301. The Morgan fingerprint density at radius 2 is 2.22 bits per heavy atom. The van der Waals surface area contributed by atoms with Gasteiger partial charge < -0.3 is 9.64 Å². The molecule has 0 spiro atoms. The van der Waals surface area contributed by atoms with Gasteiger partial charge in [0.15, 0.2) is 0 Å². The normalized spacial score (nSPS) is 10.3. The van der Waals surface area contributed by atoms with Gasteiger partial charge in [0.1, 0.15) is 6.29 Å². The van der Waals surface area contributed by atoms with Gasteiger partial charge in [-0.25, -0.2) is 6.57 Å². The molecule has 0 aromatic carbocycles. The number of nitrogens with zero attached hydrogens (tertiary/aromatic N) is 1. The molecule has 0 bridgehead atoms. The average Bonchev–Trinajstić information content (AvgIpc) is 1.84. The molecule has 0 rings (SSSR count). The van der Waals surface area contributed by atoms with Crippen molar-refractivity contribution in [3.63, 3.8) is 0 Å². The van der Waals surface area contributed by atoms with E-state index in [4.69, 9.17) is 6.57 Å². The van der Waals surface area contributed by atoms with E-state index in [2.05, 4.69) is 4.85 Å². The van der Waals surface area contributed by atoms with E-state index in [1.165, 1.54) is 0 Å². The summed E-state index contributed by atoms with van der Waals surface area (Å²) in [6, 6.07) is 0. The third kappa shape index (κ3) is 3.72. The van der Waals surface area contributed by atoms with Crippen LogP contribution in [-0.4, -0.2) is 12.8 Å². The Labute approximate surface area is 55.7 Å². The molecule has 2 heteroatoms. The van der Waals surface area contributed by atoms with E-state index < -0.39 is 0 Å². The lowest BCUT2D eigenvalue weighted by Crippen LogP contribution is -2.13. The van der Waals surface area contributed by atoms with E-state index in [1.807, 2.05) is 13.8 Å². The smallest absolute Gasteiger partial charge is 0.215 e. The first-order valence-corrected chi connectivity index (χ1v) is 2.92. The topological polar surface area (TPSA) is 21.4 Å². The van der Waals surface area contributed by atoms with Gasteiger partial charge in [0.25, 0.3) is 0 Å². The number of rotatable bonds is 3. The molecule has 0 aromatic heterocycles. The largest absolute Gasteiger partial charge is 0.317 e. The van der Waals surface area contributed by atoms with Gasteiger partial charge in [0, 0.05) is 11.8 Å². The Balaban J connectivity index is 3.61. The standard InChI is InChI=1S/C7H11NO/c1-7(2,6-9)4-5-8-3/h6H,4-5H2,1-2H3. The maximum atomic E-state index is 10.2. The Kier molecular flexibility index (Phi) is 2.94. The Hall–Kier alpha value is -0.840. The average molecular weight is 125 g/mol. The quantitative estimate of drug-likeness (QED) is 0.414. The maximum absolute atomic E-state index is 10.2. The fourth-order valence-electron chi connectivity index (χ4n) is 0.403. The first-order chi connectivity index (χ1) is 4.12. The van der Waals surface area contributed by atoms with Gasteiger partial charge in [-0.3, -0.25) is 0 Å². The second-order valence-corrected chi connectivity index (χ2v) is 2.74. The van der Waals surface area contributed by atoms with E-state index in [9.17, 15) is 4.79 Å². The van der Waals surface area contributed by atoms with Crippen molar-refractivity contribution in [3.05, 3.63) is 11.4 Å². The van der Waals surface area contributed by atoms with E-state index in [1.54, 1.807) is 0 Å². The monoisotopic (exact) mass is 125 g/mol. The van der Waals surface area contributed by atoms with Gasteiger partial charge in [-0.15, -0.1) is 0 Å². The summed E-state index contributed by atoms with van der Waals surface area (Å²) in [4.78, 5) is 13.4. The molecule has 0 aliphatic carbocycles. The van der Waals surface area contributed by atoms with Gasteiger partial charge in [-0.05, 0) is 0 Å². The van der Waals surface area contributed by atoms with Crippen molar-refractivity contribution in [2.75, 3.05) is 6.54 Å². The van der Waals surface area contributed by atoms with Gasteiger partial charge in [-0.2, -0.15) is 0 Å². The zero-order valence-electron chi connectivity index (χ0n) is 5.85. The molecule has 0 aliphatic heterocycles. The summed E-state index contributed by atoms with van der Waals surface area (Å²) >= 11 is 0. The number of hydrogen-bond acceptors (Lipinski definition) is 1. The Morgan fingerprint density at radius 1 is 1.67 bits per heavy atom. The summed E-state index contributed by atoms with van der Waals surface area (Å²) in [5.41, 5.74) is -0.301. The van der Waals surface area contributed by atoms with Crippen molar-refractivity contribution < 1.29 is 4.79 Å². The van der Waals surface area contributed by atoms with Crippen LogP contribution in [0.25, 0.3) is 4.85 Å². The highest BCUT2D eigenvalue weighted by Gasteiger charge is 2.16. The highest BCUT2D eigenvalue weighted by Crippen LogP contribution is 2.15. The van der Waals surface area contributed by atoms with Crippen LogP contribution in [0.2, 0.25) is 0 Å². The molecule has 0 saturated heterocycles. The molecular formula is C7H11NO. The number of carbonyl (C=O) groups excluding carboxylic acids is 1. The van der Waals surface area contributed by atoms with E-state index in [0.717, 1.165) is 6.29 Å². The first kappa shape index (κ1) is 8.16. The number of hydrogen-bond donors (Lipinski definition) is 0. The SMILES string of the molecule is [C-]#[N+]CCC(C)(C)C=O. The lowest BCUT2D eigenvalue weighted by atomic mass is 9.92. The summed E-state index contributed by atoms with van der Waals surface area (Å²) in [6.07, 6.45) is 1.57. The van der Waals surface area contributed by atoms with Crippen LogP contribution >= 0.6 is 0 Å². The minimum Gasteiger partial charge on any atom is -0.317 e. The van der Waals surface area contributed by atoms with Gasteiger partial charge in [0.2, 0.25) is 6.54 Å². The second kappa shape index (κ2) is 3.24. The Morgan fingerprint density at radius 3 is 2.56 bits per heavy atom.